The van der Waals surface area contributed by atoms with E-state index in [-0.39, 0.29) is 6.04 Å². The zero-order valence-corrected chi connectivity index (χ0v) is 11.8. The van der Waals surface area contributed by atoms with Gasteiger partial charge in [-0.15, -0.1) is 0 Å². The number of halogens is 1. The van der Waals surface area contributed by atoms with Gasteiger partial charge in [0.15, 0.2) is 0 Å². The van der Waals surface area contributed by atoms with Crippen molar-refractivity contribution in [2.24, 2.45) is 23.5 Å². The van der Waals surface area contributed by atoms with Crippen LogP contribution in [-0.2, 0) is 0 Å². The first-order valence-electron chi connectivity index (χ1n) is 7.15. The molecule has 0 saturated heterocycles. The summed E-state index contributed by atoms with van der Waals surface area (Å²) in [5, 5.41) is 0.839. The van der Waals surface area contributed by atoms with Crippen LogP contribution < -0.4 is 5.73 Å². The van der Waals surface area contributed by atoms with Gasteiger partial charge >= 0.3 is 0 Å². The van der Waals surface area contributed by atoms with Crippen molar-refractivity contribution < 1.29 is 0 Å². The first-order chi connectivity index (χ1) is 8.63. The Hall–Kier alpha value is -0.530. The summed E-state index contributed by atoms with van der Waals surface area (Å²) in [5.74, 6) is 2.79. The highest BCUT2D eigenvalue weighted by atomic mass is 35.5. The molecule has 2 N–H and O–H groups in total. The molecule has 2 bridgehead atoms. The summed E-state index contributed by atoms with van der Waals surface area (Å²) in [6.45, 7) is 2.07. The van der Waals surface area contributed by atoms with Gasteiger partial charge in [0.1, 0.15) is 0 Å². The van der Waals surface area contributed by atoms with Crippen LogP contribution in [-0.4, -0.2) is 0 Å². The summed E-state index contributed by atoms with van der Waals surface area (Å²) in [6, 6.07) is 6.36. The maximum absolute atomic E-state index is 6.37. The third-order valence-electron chi connectivity index (χ3n) is 5.00. The lowest BCUT2D eigenvalue weighted by atomic mass is 9.83. The number of benzene rings is 1. The van der Waals surface area contributed by atoms with Crippen LogP contribution in [0.2, 0.25) is 5.02 Å². The molecule has 2 fully saturated rings. The molecule has 2 saturated carbocycles. The Balaban J connectivity index is 1.69. The van der Waals surface area contributed by atoms with Crippen molar-refractivity contribution in [3.8, 4) is 0 Å². The lowest BCUT2D eigenvalue weighted by Gasteiger charge is -2.25. The van der Waals surface area contributed by atoms with Crippen LogP contribution in [0.3, 0.4) is 0 Å². The minimum absolute atomic E-state index is 0.113. The quantitative estimate of drug-likeness (QED) is 0.855. The Morgan fingerprint density at radius 3 is 2.78 bits per heavy atom. The van der Waals surface area contributed by atoms with Gasteiger partial charge in [0.25, 0.3) is 0 Å². The topological polar surface area (TPSA) is 26.0 Å². The third-order valence-corrected chi connectivity index (χ3v) is 5.32. The van der Waals surface area contributed by atoms with E-state index in [1.165, 1.54) is 31.2 Å². The van der Waals surface area contributed by atoms with Crippen molar-refractivity contribution in [3.63, 3.8) is 0 Å². The van der Waals surface area contributed by atoms with Gasteiger partial charge in [0.05, 0.1) is 0 Å². The molecule has 0 spiro atoms. The maximum atomic E-state index is 6.37. The fraction of sp³-hybridized carbons (Fsp3) is 0.625. The van der Waals surface area contributed by atoms with Crippen LogP contribution in [0, 0.1) is 24.7 Å². The van der Waals surface area contributed by atoms with Gasteiger partial charge < -0.3 is 5.73 Å². The Morgan fingerprint density at radius 1 is 1.33 bits per heavy atom. The highest BCUT2D eigenvalue weighted by molar-refractivity contribution is 6.31. The van der Waals surface area contributed by atoms with Crippen molar-refractivity contribution in [2.45, 2.75) is 45.1 Å². The van der Waals surface area contributed by atoms with Crippen LogP contribution in [0.25, 0.3) is 0 Å². The number of nitrogens with two attached hydrogens (primary N) is 1. The first-order valence-corrected chi connectivity index (χ1v) is 7.53. The summed E-state index contributed by atoms with van der Waals surface area (Å²) in [6.07, 6.45) is 6.87. The summed E-state index contributed by atoms with van der Waals surface area (Å²) < 4.78 is 0. The molecular formula is C16H22ClN. The van der Waals surface area contributed by atoms with Crippen molar-refractivity contribution in [1.82, 2.24) is 0 Å². The maximum Gasteiger partial charge on any atom is 0.0456 e. The van der Waals surface area contributed by atoms with Crippen molar-refractivity contribution in [3.05, 3.63) is 34.3 Å². The Bertz CT molecular complexity index is 443. The van der Waals surface area contributed by atoms with E-state index in [1.54, 1.807) is 0 Å². The third kappa shape index (κ3) is 2.31. The summed E-state index contributed by atoms with van der Waals surface area (Å²) in [4.78, 5) is 0. The minimum Gasteiger partial charge on any atom is -0.324 e. The molecule has 1 aromatic rings. The molecule has 0 radical (unpaired) electrons. The monoisotopic (exact) mass is 263 g/mol. The van der Waals surface area contributed by atoms with Gasteiger partial charge in [-0.25, -0.2) is 0 Å². The van der Waals surface area contributed by atoms with Gasteiger partial charge in [-0.05, 0) is 67.6 Å². The largest absolute Gasteiger partial charge is 0.324 e. The van der Waals surface area contributed by atoms with Gasteiger partial charge in [0, 0.05) is 11.1 Å². The van der Waals surface area contributed by atoms with Crippen LogP contribution in [0.1, 0.15) is 49.3 Å². The lowest BCUT2D eigenvalue weighted by Crippen LogP contribution is -2.19. The second-order valence-corrected chi connectivity index (χ2v) is 6.71. The molecule has 4 atom stereocenters. The van der Waals surface area contributed by atoms with Crippen LogP contribution >= 0.6 is 11.6 Å². The van der Waals surface area contributed by atoms with Crippen LogP contribution in [0.5, 0.6) is 0 Å². The molecule has 1 aromatic carbocycles. The number of hydrogen-bond donors (Lipinski definition) is 1. The number of hydrogen-bond acceptors (Lipinski definition) is 1. The van der Waals surface area contributed by atoms with Gasteiger partial charge in [-0.3, -0.25) is 0 Å². The minimum atomic E-state index is 0.113. The van der Waals surface area contributed by atoms with E-state index in [4.69, 9.17) is 17.3 Å². The van der Waals surface area contributed by atoms with Crippen molar-refractivity contribution in [2.75, 3.05) is 0 Å². The Kier molecular flexibility index (Phi) is 3.38. The van der Waals surface area contributed by atoms with Gasteiger partial charge in [-0.1, -0.05) is 30.2 Å². The highest BCUT2D eigenvalue weighted by Gasteiger charge is 2.39. The molecule has 2 aliphatic carbocycles. The summed E-state index contributed by atoms with van der Waals surface area (Å²) in [5.41, 5.74) is 8.71. The lowest BCUT2D eigenvalue weighted by molar-refractivity contribution is 0.296. The molecule has 18 heavy (non-hydrogen) atoms. The predicted molar refractivity (Wildman–Crippen MR) is 76.7 cm³/mol. The normalized spacial score (nSPS) is 31.8. The molecule has 1 nitrogen and oxygen atoms in total. The molecule has 4 unspecified atom stereocenters. The number of aryl methyl sites for hydroxylation is 1. The average molecular weight is 264 g/mol. The fourth-order valence-electron chi connectivity index (χ4n) is 4.05. The van der Waals surface area contributed by atoms with Gasteiger partial charge in [0.2, 0.25) is 0 Å². The molecule has 2 aliphatic rings. The van der Waals surface area contributed by atoms with E-state index in [9.17, 15) is 0 Å². The molecule has 3 rings (SSSR count). The zero-order chi connectivity index (χ0) is 12.7. The van der Waals surface area contributed by atoms with Crippen LogP contribution in [0.4, 0.5) is 0 Å². The molecule has 0 amide bonds. The highest BCUT2D eigenvalue weighted by Crippen LogP contribution is 2.50. The molecule has 0 heterocycles. The molecular weight excluding hydrogens is 242 g/mol. The zero-order valence-electron chi connectivity index (χ0n) is 11.0. The van der Waals surface area contributed by atoms with Crippen molar-refractivity contribution in [1.29, 1.82) is 0 Å². The molecule has 98 valence electrons. The van der Waals surface area contributed by atoms with E-state index in [0.717, 1.165) is 34.8 Å². The molecule has 0 aromatic heterocycles. The Labute approximate surface area is 115 Å². The smallest absolute Gasteiger partial charge is 0.0456 e. The van der Waals surface area contributed by atoms with Gasteiger partial charge in [-0.2, -0.15) is 0 Å². The van der Waals surface area contributed by atoms with E-state index in [2.05, 4.69) is 19.1 Å². The van der Waals surface area contributed by atoms with E-state index in [0.29, 0.717) is 0 Å². The number of fused-ring (bicyclic) bond motifs is 2. The first kappa shape index (κ1) is 12.5. The summed E-state index contributed by atoms with van der Waals surface area (Å²) >= 11 is 6.31. The predicted octanol–water partition coefficient (Wildman–Crippen LogP) is 4.47. The fourth-order valence-corrected chi connectivity index (χ4v) is 4.43. The second-order valence-electron chi connectivity index (χ2n) is 6.30. The summed E-state index contributed by atoms with van der Waals surface area (Å²) in [7, 11) is 0. The van der Waals surface area contributed by atoms with E-state index < -0.39 is 0 Å². The molecule has 2 heteroatoms. The number of rotatable bonds is 3. The molecule has 0 aliphatic heterocycles. The standard InChI is InChI=1S/C16H22ClN/c1-10-2-5-14(15(17)6-10)16(18)9-13-8-11-3-4-12(13)7-11/h2,5-6,11-13,16H,3-4,7-9,18H2,1H3. The average Bonchev–Trinajstić information content (AvgIpc) is 2.90. The van der Waals surface area contributed by atoms with Crippen molar-refractivity contribution >= 4 is 11.6 Å². The van der Waals surface area contributed by atoms with E-state index >= 15 is 0 Å². The van der Waals surface area contributed by atoms with E-state index in [1.807, 2.05) is 6.07 Å². The second kappa shape index (κ2) is 4.86. The van der Waals surface area contributed by atoms with Crippen LogP contribution in [0.15, 0.2) is 18.2 Å². The SMILES string of the molecule is Cc1ccc(C(N)CC2CC3CCC2C3)c(Cl)c1. The Morgan fingerprint density at radius 2 is 2.17 bits per heavy atom.